The van der Waals surface area contributed by atoms with Crippen LogP contribution in [-0.2, 0) is 17.6 Å². The summed E-state index contributed by atoms with van der Waals surface area (Å²) in [6, 6.07) is 11.0. The number of rotatable bonds is 1. The van der Waals surface area contributed by atoms with E-state index in [1.165, 1.54) is 49.7 Å². The number of carbonyl (C=O) groups excluding carboxylic acids is 1. The van der Waals surface area contributed by atoms with Crippen molar-refractivity contribution in [3.8, 4) is 11.3 Å². The molecule has 0 radical (unpaired) electrons. The zero-order valence-electron chi connectivity index (χ0n) is 18.7. The van der Waals surface area contributed by atoms with Crippen molar-refractivity contribution >= 4 is 5.91 Å². The van der Waals surface area contributed by atoms with Gasteiger partial charge in [0.05, 0.1) is 5.69 Å². The number of primary amides is 1. The van der Waals surface area contributed by atoms with Crippen molar-refractivity contribution < 1.29 is 4.79 Å². The quantitative estimate of drug-likeness (QED) is 0.558. The Kier molecular flexibility index (Phi) is 7.61. The van der Waals surface area contributed by atoms with E-state index in [0.717, 1.165) is 61.7 Å². The third-order valence-electron chi connectivity index (χ3n) is 7.43. The third-order valence-corrected chi connectivity index (χ3v) is 7.43. The number of amides is 1. The van der Waals surface area contributed by atoms with Crippen LogP contribution < -0.4 is 5.73 Å². The van der Waals surface area contributed by atoms with E-state index >= 15 is 0 Å². The summed E-state index contributed by atoms with van der Waals surface area (Å²) in [5.41, 5.74) is 10.3. The van der Waals surface area contributed by atoms with Crippen LogP contribution in [0.1, 0.15) is 75.5 Å². The van der Waals surface area contributed by atoms with Gasteiger partial charge in [0.15, 0.2) is 0 Å². The van der Waals surface area contributed by atoms with Gasteiger partial charge in [-0.3, -0.25) is 9.89 Å². The minimum atomic E-state index is -0.175. The Labute approximate surface area is 186 Å². The Morgan fingerprint density at radius 1 is 0.903 bits per heavy atom. The van der Waals surface area contributed by atoms with Crippen molar-refractivity contribution in [3.63, 3.8) is 0 Å². The minimum Gasteiger partial charge on any atom is -0.369 e. The summed E-state index contributed by atoms with van der Waals surface area (Å²) in [7, 11) is 0. The van der Waals surface area contributed by atoms with Crippen LogP contribution in [0.25, 0.3) is 11.3 Å². The Bertz CT molecular complexity index is 884. The molecule has 1 heterocycles. The predicted molar refractivity (Wildman–Crippen MR) is 126 cm³/mol. The summed E-state index contributed by atoms with van der Waals surface area (Å²) >= 11 is 0. The average molecular weight is 420 g/mol. The van der Waals surface area contributed by atoms with E-state index in [9.17, 15) is 4.79 Å². The summed E-state index contributed by atoms with van der Waals surface area (Å²) < 4.78 is 0. The molecule has 2 aliphatic carbocycles. The fourth-order valence-electron chi connectivity index (χ4n) is 5.54. The normalized spacial score (nSPS) is 26.6. The van der Waals surface area contributed by atoms with Crippen LogP contribution in [0, 0.1) is 17.8 Å². The van der Waals surface area contributed by atoms with Gasteiger partial charge in [0.2, 0.25) is 5.91 Å². The van der Waals surface area contributed by atoms with E-state index < -0.39 is 0 Å². The lowest BCUT2D eigenvalue weighted by Gasteiger charge is -2.19. The molecule has 1 amide bonds. The van der Waals surface area contributed by atoms with Crippen molar-refractivity contribution in [1.29, 1.82) is 0 Å². The molecule has 4 heteroatoms. The minimum absolute atomic E-state index is 0.0617. The molecule has 31 heavy (non-hydrogen) atoms. The number of nitrogens with zero attached hydrogens (tertiary/aromatic N) is 1. The molecule has 1 aromatic carbocycles. The molecule has 1 fully saturated rings. The molecule has 3 atom stereocenters. The Hall–Kier alpha value is -2.36. The maximum atomic E-state index is 11.9. The van der Waals surface area contributed by atoms with Crippen LogP contribution in [0.4, 0.5) is 0 Å². The molecule has 0 aliphatic heterocycles. The first-order valence-corrected chi connectivity index (χ1v) is 12.3. The van der Waals surface area contributed by atoms with E-state index in [2.05, 4.69) is 52.7 Å². The Morgan fingerprint density at radius 2 is 1.74 bits per heavy atom. The maximum absolute atomic E-state index is 11.9. The van der Waals surface area contributed by atoms with Gasteiger partial charge in [-0.25, -0.2) is 0 Å². The SMILES string of the molecule is NC(=O)C1CCC/C=C\CCC2CCCC2CCc2cccc(c2)-c2cc([nH]n2)CC1. The number of hydrogen-bond donors (Lipinski definition) is 2. The van der Waals surface area contributed by atoms with Gasteiger partial charge in [-0.2, -0.15) is 5.10 Å². The van der Waals surface area contributed by atoms with Gasteiger partial charge in [-0.15, -0.1) is 0 Å². The van der Waals surface area contributed by atoms with Gasteiger partial charge in [0, 0.05) is 17.2 Å². The summed E-state index contributed by atoms with van der Waals surface area (Å²) in [6.07, 6.45) is 18.4. The summed E-state index contributed by atoms with van der Waals surface area (Å²) in [5, 5.41) is 7.72. The lowest BCUT2D eigenvalue weighted by molar-refractivity contribution is -0.122. The molecule has 4 bridgehead atoms. The number of nitrogens with two attached hydrogens (primary N) is 1. The van der Waals surface area contributed by atoms with Gasteiger partial charge in [0.1, 0.15) is 0 Å². The van der Waals surface area contributed by atoms with Crippen LogP contribution in [0.15, 0.2) is 42.5 Å². The number of aryl methyl sites for hydroxylation is 2. The molecule has 166 valence electrons. The maximum Gasteiger partial charge on any atom is 0.220 e. The average Bonchev–Trinajstić information content (AvgIpc) is 3.42. The number of aromatic nitrogens is 2. The van der Waals surface area contributed by atoms with Crippen molar-refractivity contribution in [2.24, 2.45) is 23.5 Å². The van der Waals surface area contributed by atoms with Crippen LogP contribution in [0.3, 0.4) is 0 Å². The molecular weight excluding hydrogens is 382 g/mol. The first kappa shape index (κ1) is 21.9. The topological polar surface area (TPSA) is 71.8 Å². The number of aromatic amines is 1. The Balaban J connectivity index is 1.50. The second-order valence-corrected chi connectivity index (χ2v) is 9.59. The van der Waals surface area contributed by atoms with E-state index in [0.29, 0.717) is 0 Å². The predicted octanol–water partition coefficient (Wildman–Crippen LogP) is 5.98. The second kappa shape index (κ2) is 10.8. The lowest BCUT2D eigenvalue weighted by atomic mass is 9.86. The standard InChI is InChI=1S/C27H37N3O/c28-27(31)23-10-5-3-1-2-4-9-21-11-7-12-22(21)15-14-20-8-6-13-24(18-20)26-19-25(17-16-23)29-30-26/h1-2,6,8,13,18-19,21-23H,3-5,7,9-12,14-17H2,(H2,28,31)(H,29,30)/b2-1-. The number of nitrogens with one attached hydrogen (secondary N) is 1. The van der Waals surface area contributed by atoms with E-state index in [-0.39, 0.29) is 11.8 Å². The van der Waals surface area contributed by atoms with Crippen molar-refractivity contribution in [3.05, 3.63) is 53.7 Å². The summed E-state index contributed by atoms with van der Waals surface area (Å²) in [5.74, 6) is 1.52. The highest BCUT2D eigenvalue weighted by molar-refractivity contribution is 5.76. The third kappa shape index (κ3) is 6.09. The fraction of sp³-hybridized carbons (Fsp3) is 0.556. The summed E-state index contributed by atoms with van der Waals surface area (Å²) in [4.78, 5) is 11.9. The van der Waals surface area contributed by atoms with Crippen LogP contribution >= 0.6 is 0 Å². The molecule has 0 spiro atoms. The Morgan fingerprint density at radius 3 is 2.61 bits per heavy atom. The number of allylic oxidation sites excluding steroid dienone is 2. The van der Waals surface area contributed by atoms with Gasteiger partial charge < -0.3 is 5.73 Å². The highest BCUT2D eigenvalue weighted by Crippen LogP contribution is 2.38. The number of benzene rings is 1. The highest BCUT2D eigenvalue weighted by Gasteiger charge is 2.26. The first-order chi connectivity index (χ1) is 15.2. The van der Waals surface area contributed by atoms with Crippen molar-refractivity contribution in [2.45, 2.75) is 77.0 Å². The lowest BCUT2D eigenvalue weighted by Crippen LogP contribution is -2.23. The summed E-state index contributed by atoms with van der Waals surface area (Å²) in [6.45, 7) is 0. The molecular formula is C27H37N3O. The molecule has 4 rings (SSSR count). The van der Waals surface area contributed by atoms with E-state index in [4.69, 9.17) is 5.73 Å². The molecule has 3 unspecified atom stereocenters. The monoisotopic (exact) mass is 419 g/mol. The van der Waals surface area contributed by atoms with E-state index in [1.54, 1.807) is 0 Å². The fourth-order valence-corrected chi connectivity index (χ4v) is 5.54. The van der Waals surface area contributed by atoms with Gasteiger partial charge in [-0.1, -0.05) is 49.6 Å². The molecule has 4 nitrogen and oxygen atoms in total. The van der Waals surface area contributed by atoms with Crippen LogP contribution in [-0.4, -0.2) is 16.1 Å². The second-order valence-electron chi connectivity index (χ2n) is 9.59. The zero-order chi connectivity index (χ0) is 21.5. The number of H-pyrrole nitrogens is 1. The van der Waals surface area contributed by atoms with Crippen molar-refractivity contribution in [2.75, 3.05) is 0 Å². The number of fused-ring (bicyclic) bond motifs is 6. The number of hydrogen-bond acceptors (Lipinski definition) is 2. The highest BCUT2D eigenvalue weighted by atomic mass is 16.1. The molecule has 2 aromatic rings. The molecule has 1 aromatic heterocycles. The van der Waals surface area contributed by atoms with Gasteiger partial charge >= 0.3 is 0 Å². The van der Waals surface area contributed by atoms with E-state index in [1.807, 2.05) is 0 Å². The number of carbonyl (C=O) groups is 1. The molecule has 0 saturated heterocycles. The van der Waals surface area contributed by atoms with Gasteiger partial charge in [0.25, 0.3) is 0 Å². The van der Waals surface area contributed by atoms with Crippen LogP contribution in [0.2, 0.25) is 0 Å². The first-order valence-electron chi connectivity index (χ1n) is 12.3. The smallest absolute Gasteiger partial charge is 0.220 e. The molecule has 2 aliphatic rings. The molecule has 3 N–H and O–H groups in total. The van der Waals surface area contributed by atoms with Crippen LogP contribution in [0.5, 0.6) is 0 Å². The van der Waals surface area contributed by atoms with Gasteiger partial charge in [-0.05, 0) is 87.3 Å². The largest absolute Gasteiger partial charge is 0.369 e. The molecule has 1 saturated carbocycles. The van der Waals surface area contributed by atoms with Crippen molar-refractivity contribution in [1.82, 2.24) is 10.2 Å². The zero-order valence-corrected chi connectivity index (χ0v) is 18.7.